The van der Waals surface area contributed by atoms with E-state index in [2.05, 4.69) is 0 Å². The summed E-state index contributed by atoms with van der Waals surface area (Å²) in [6, 6.07) is 0. The van der Waals surface area contributed by atoms with Crippen molar-refractivity contribution in [1.29, 1.82) is 0 Å². The minimum Gasteiger partial charge on any atom is -0.465 e. The molecule has 1 aliphatic heterocycles. The molecule has 0 saturated carbocycles. The molecule has 0 aliphatic carbocycles. The maximum absolute atomic E-state index is 13.5. The van der Waals surface area contributed by atoms with Gasteiger partial charge in [-0.05, 0) is 81.3 Å². The number of likely N-dealkylation sites (N-methyl/N-ethyl adjacent to an activating group) is 1. The van der Waals surface area contributed by atoms with E-state index in [1.165, 1.54) is 14.0 Å². The lowest BCUT2D eigenvalue weighted by atomic mass is 9.75. The van der Waals surface area contributed by atoms with Crippen molar-refractivity contribution in [2.45, 2.75) is 174 Å². The average Bonchev–Trinajstić information content (AvgIpc) is 3.03. The highest BCUT2D eigenvalue weighted by Crippen LogP contribution is 2.39. The van der Waals surface area contributed by atoms with E-state index < -0.39 is 102 Å². The van der Waals surface area contributed by atoms with E-state index in [9.17, 15) is 35.4 Å². The molecule has 6 N–H and O–H groups in total. The molecule has 0 amide bonds. The number of nitrogens with zero attached hydrogens (tertiary/aromatic N) is 1. The zero-order valence-electron chi connectivity index (χ0n) is 33.7. The van der Waals surface area contributed by atoms with Crippen LogP contribution in [0.25, 0.3) is 0 Å². The Balaban J connectivity index is 3.77. The summed E-state index contributed by atoms with van der Waals surface area (Å²) in [4.78, 5) is 15.2. The quantitative estimate of drug-likeness (QED) is 0.0658. The highest BCUT2D eigenvalue weighted by Gasteiger charge is 2.50. The molecule has 51 heavy (non-hydrogen) atoms. The third-order valence-electron chi connectivity index (χ3n) is 10.1. The van der Waals surface area contributed by atoms with Crippen LogP contribution in [0.5, 0.6) is 0 Å². The normalized spacial score (nSPS) is 29.3. The summed E-state index contributed by atoms with van der Waals surface area (Å²) in [5.41, 5.74) is -2.77. The van der Waals surface area contributed by atoms with Crippen LogP contribution < -0.4 is 0 Å². The van der Waals surface area contributed by atoms with Crippen LogP contribution in [-0.2, 0) is 33.2 Å². The van der Waals surface area contributed by atoms with Gasteiger partial charge in [0, 0.05) is 31.9 Å². The highest BCUT2D eigenvalue weighted by atomic mass is 16.7. The van der Waals surface area contributed by atoms with Gasteiger partial charge in [-0.2, -0.15) is 0 Å². The maximum atomic E-state index is 13.5. The van der Waals surface area contributed by atoms with Gasteiger partial charge in [0.1, 0.15) is 12.2 Å². The molecule has 14 nitrogen and oxygen atoms in total. The summed E-state index contributed by atoms with van der Waals surface area (Å²) in [5, 5.41) is 66.2. The predicted molar refractivity (Wildman–Crippen MR) is 192 cm³/mol. The highest BCUT2D eigenvalue weighted by molar-refractivity contribution is 5.72. The Morgan fingerprint density at radius 1 is 1.00 bits per heavy atom. The van der Waals surface area contributed by atoms with Gasteiger partial charge in [0.15, 0.2) is 12.6 Å². The predicted octanol–water partition coefficient (Wildman–Crippen LogP) is 2.07. The molecule has 0 aromatic rings. The first-order valence-electron chi connectivity index (χ1n) is 18.5. The Morgan fingerprint density at radius 2 is 1.59 bits per heavy atom. The van der Waals surface area contributed by atoms with Crippen LogP contribution in [0, 0.1) is 23.7 Å². The molecule has 0 bridgehead atoms. The first-order valence-corrected chi connectivity index (χ1v) is 18.5. The molecule has 16 atom stereocenters. The molecule has 0 aromatic carbocycles. The van der Waals surface area contributed by atoms with E-state index in [1.807, 2.05) is 6.92 Å². The van der Waals surface area contributed by atoms with Gasteiger partial charge < -0.3 is 64.0 Å². The Morgan fingerprint density at radius 3 is 2.08 bits per heavy atom. The minimum atomic E-state index is -1.75. The Bertz CT molecular complexity index is 1000. The molecule has 0 spiro atoms. The lowest BCUT2D eigenvalue weighted by Gasteiger charge is -2.48. The Kier molecular flexibility index (Phi) is 19.9. The summed E-state index contributed by atoms with van der Waals surface area (Å²) in [5.74, 6) is -3.58. The number of rotatable bonds is 23. The monoisotopic (exact) mass is 740 g/mol. The summed E-state index contributed by atoms with van der Waals surface area (Å²) in [6.07, 6.45) is -10.2. The fourth-order valence-corrected chi connectivity index (χ4v) is 7.08. The minimum absolute atomic E-state index is 0.0511. The van der Waals surface area contributed by atoms with Crippen molar-refractivity contribution in [2.24, 2.45) is 23.7 Å². The van der Waals surface area contributed by atoms with Crippen molar-refractivity contribution in [3.8, 4) is 0 Å². The summed E-state index contributed by atoms with van der Waals surface area (Å²) in [7, 11) is 5.08. The number of ether oxygens (including phenoxy) is 6. The Labute approximate surface area is 306 Å². The van der Waals surface area contributed by atoms with Crippen LogP contribution in [0.15, 0.2) is 0 Å². The van der Waals surface area contributed by atoms with Crippen LogP contribution in [0.1, 0.15) is 95.4 Å². The van der Waals surface area contributed by atoms with Gasteiger partial charge in [-0.1, -0.05) is 27.7 Å². The van der Waals surface area contributed by atoms with Gasteiger partial charge in [-0.25, -0.2) is 0 Å². The third kappa shape index (κ3) is 14.0. The summed E-state index contributed by atoms with van der Waals surface area (Å²) in [6.45, 7) is 19.1. The number of aliphatic hydroxyl groups excluding tert-OH is 5. The van der Waals surface area contributed by atoms with E-state index in [0.717, 1.165) is 0 Å². The molecular formula is C37H73NO13. The number of hydrogen-bond acceptors (Lipinski definition) is 14. The van der Waals surface area contributed by atoms with Crippen molar-refractivity contribution in [3.05, 3.63) is 0 Å². The second-order valence-electron chi connectivity index (χ2n) is 15.9. The number of hydrogen-bond donors (Lipinski definition) is 6. The van der Waals surface area contributed by atoms with Crippen LogP contribution in [0.2, 0.25) is 0 Å². The lowest BCUT2D eigenvalue weighted by molar-refractivity contribution is -0.310. The van der Waals surface area contributed by atoms with Gasteiger partial charge in [-0.15, -0.1) is 0 Å². The average molecular weight is 740 g/mol. The van der Waals surface area contributed by atoms with E-state index in [-0.39, 0.29) is 32.1 Å². The van der Waals surface area contributed by atoms with Crippen molar-refractivity contribution in [1.82, 2.24) is 4.90 Å². The maximum Gasteiger partial charge on any atom is 0.311 e. The van der Waals surface area contributed by atoms with Crippen LogP contribution in [-0.4, -0.2) is 155 Å². The topological polar surface area (TPSA) is 197 Å². The molecule has 1 aliphatic rings. The summed E-state index contributed by atoms with van der Waals surface area (Å²) >= 11 is 0. The van der Waals surface area contributed by atoms with E-state index in [4.69, 9.17) is 28.4 Å². The van der Waals surface area contributed by atoms with Gasteiger partial charge in [-0.3, -0.25) is 4.79 Å². The molecule has 1 saturated heterocycles. The van der Waals surface area contributed by atoms with E-state index in [0.29, 0.717) is 6.42 Å². The molecule has 2 unspecified atom stereocenters. The van der Waals surface area contributed by atoms with Gasteiger partial charge in [0.25, 0.3) is 0 Å². The fraction of sp³-hybridized carbons (Fsp3) is 0.973. The van der Waals surface area contributed by atoms with Gasteiger partial charge >= 0.3 is 5.97 Å². The number of methoxy groups -OCH3 is 1. The van der Waals surface area contributed by atoms with Crippen LogP contribution in [0.4, 0.5) is 0 Å². The lowest BCUT2D eigenvalue weighted by Crippen LogP contribution is -2.59. The molecule has 14 heteroatoms. The number of carbonyl (C=O) groups is 1. The molecule has 304 valence electrons. The molecule has 0 radical (unpaired) electrons. The Hall–Kier alpha value is -1.01. The zero-order chi connectivity index (χ0) is 39.6. The van der Waals surface area contributed by atoms with Crippen LogP contribution >= 0.6 is 0 Å². The van der Waals surface area contributed by atoms with Crippen molar-refractivity contribution in [3.63, 3.8) is 0 Å². The largest absolute Gasteiger partial charge is 0.465 e. The molecular weight excluding hydrogens is 666 g/mol. The van der Waals surface area contributed by atoms with Crippen LogP contribution in [0.3, 0.4) is 0 Å². The van der Waals surface area contributed by atoms with Crippen molar-refractivity contribution >= 4 is 5.97 Å². The van der Waals surface area contributed by atoms with E-state index in [1.54, 1.807) is 81.3 Å². The number of carbonyl (C=O) groups excluding carboxylic acids is 1. The third-order valence-corrected chi connectivity index (χ3v) is 10.1. The van der Waals surface area contributed by atoms with Gasteiger partial charge in [0.05, 0.1) is 66.5 Å². The van der Waals surface area contributed by atoms with Crippen molar-refractivity contribution < 1.29 is 63.9 Å². The smallest absolute Gasteiger partial charge is 0.311 e. The second-order valence-corrected chi connectivity index (χ2v) is 15.9. The zero-order valence-corrected chi connectivity index (χ0v) is 33.7. The van der Waals surface area contributed by atoms with E-state index >= 15 is 0 Å². The number of aliphatic hydroxyl groups is 6. The summed E-state index contributed by atoms with van der Waals surface area (Å²) < 4.78 is 36.6. The second kappa shape index (κ2) is 21.2. The fourth-order valence-electron chi connectivity index (χ4n) is 7.08. The molecule has 0 aromatic heterocycles. The number of esters is 1. The molecule has 1 fully saturated rings. The molecule has 1 heterocycles. The first-order chi connectivity index (χ1) is 23.4. The first kappa shape index (κ1) is 48.0. The standard InChI is InChI=1S/C37H73NO13/c1-15-16-47-34(44)24(7)31(50-28-18-37(11,46-14)32(43)26(9)49-28)23(6)33(51-35(48-20(2)3)27(40)19-38(12)13)36(10,45)17-21(4)29(41)22(5)30(42)25(8)39/h20-33,35,39-43,45H,15-19H2,1-14H3/t21-,22+,23+,24-,25?,26+,27-,28+,29?,30-,31+,32+,33-,35+,36-,37-/m1/s1. The van der Waals surface area contributed by atoms with Crippen molar-refractivity contribution in [2.75, 3.05) is 34.4 Å². The molecule has 1 rings (SSSR count). The van der Waals surface area contributed by atoms with Gasteiger partial charge in [0.2, 0.25) is 0 Å². The SMILES string of the molecule is CCCOC(=O)[C@H](C)[C@@H](O[C@H]1C[C@@](C)(OC)[C@@H](O)[C@H](C)O1)[C@H](C)[C@@H](O[C@H](OC(C)C)[C@H](O)CN(C)C)[C@](C)(O)C[C@@H](C)C(O)[C@H](C)[C@@H](O)C(C)O.